The molecule has 0 atom stereocenters. The Kier molecular flexibility index (Phi) is 4.12. The molecule has 3 heterocycles. The van der Waals surface area contributed by atoms with Crippen LogP contribution in [0.25, 0.3) is 15.9 Å². The molecule has 0 aliphatic rings. The number of carbonyl (C=O) groups excluding carboxylic acids is 1. The Morgan fingerprint density at radius 3 is 2.73 bits per heavy atom. The van der Waals surface area contributed by atoms with Gasteiger partial charge in [0.1, 0.15) is 17.7 Å². The first-order valence-corrected chi connectivity index (χ1v) is 9.44. The summed E-state index contributed by atoms with van der Waals surface area (Å²) in [4.78, 5) is 31.2. The predicted octanol–water partition coefficient (Wildman–Crippen LogP) is 3.12. The minimum Gasteiger partial charge on any atom is -0.324 e. The molecular formula is C17H14BrN5O2S. The van der Waals surface area contributed by atoms with Crippen LogP contribution >= 0.6 is 27.3 Å². The lowest BCUT2D eigenvalue weighted by molar-refractivity contribution is -0.117. The number of hydrogen-bond acceptors (Lipinski definition) is 5. The molecular weight excluding hydrogens is 418 g/mol. The summed E-state index contributed by atoms with van der Waals surface area (Å²) in [5, 5.41) is 8.00. The molecule has 0 unspecified atom stereocenters. The Balaban J connectivity index is 1.69. The first kappa shape index (κ1) is 16.9. The van der Waals surface area contributed by atoms with Gasteiger partial charge in [0.15, 0.2) is 5.65 Å². The van der Waals surface area contributed by atoms with Crippen LogP contribution in [0.5, 0.6) is 0 Å². The third kappa shape index (κ3) is 2.82. The molecule has 0 radical (unpaired) electrons. The molecule has 1 aromatic carbocycles. The molecule has 0 fully saturated rings. The molecule has 0 saturated carbocycles. The van der Waals surface area contributed by atoms with Crippen LogP contribution in [0.1, 0.15) is 10.4 Å². The zero-order valence-electron chi connectivity index (χ0n) is 14.0. The monoisotopic (exact) mass is 431 g/mol. The maximum absolute atomic E-state index is 12.6. The molecule has 4 rings (SSSR count). The van der Waals surface area contributed by atoms with Crippen molar-refractivity contribution in [1.29, 1.82) is 0 Å². The molecule has 0 aliphatic carbocycles. The van der Waals surface area contributed by atoms with Crippen LogP contribution in [0.2, 0.25) is 0 Å². The van der Waals surface area contributed by atoms with Crippen LogP contribution in [0.3, 0.4) is 0 Å². The topological polar surface area (TPSA) is 81.3 Å². The molecule has 9 heteroatoms. The van der Waals surface area contributed by atoms with E-state index in [1.165, 1.54) is 10.7 Å². The Morgan fingerprint density at radius 1 is 1.27 bits per heavy atom. The number of amides is 1. The van der Waals surface area contributed by atoms with Gasteiger partial charge >= 0.3 is 5.69 Å². The molecule has 0 bridgehead atoms. The van der Waals surface area contributed by atoms with E-state index in [9.17, 15) is 9.59 Å². The van der Waals surface area contributed by atoms with Gasteiger partial charge in [-0.3, -0.25) is 4.79 Å². The molecule has 4 aromatic rings. The van der Waals surface area contributed by atoms with Gasteiger partial charge in [-0.25, -0.2) is 18.9 Å². The quantitative estimate of drug-likeness (QED) is 0.540. The van der Waals surface area contributed by atoms with Crippen molar-refractivity contribution in [2.75, 3.05) is 5.32 Å². The van der Waals surface area contributed by atoms with E-state index in [-0.39, 0.29) is 18.1 Å². The molecule has 132 valence electrons. The van der Waals surface area contributed by atoms with E-state index in [1.54, 1.807) is 23.5 Å². The highest BCUT2D eigenvalue weighted by Gasteiger charge is 2.17. The van der Waals surface area contributed by atoms with E-state index in [0.29, 0.717) is 11.3 Å². The standard InChI is InChI=1S/C17H14BrN5O2S/c1-9-10(2)26-16-14(9)15-21-23(17(25)22(15)8-19-16)7-13(24)20-12-5-3-11(18)4-6-12/h3-6,8H,7H2,1-2H3,(H,20,24). The minimum atomic E-state index is -0.386. The summed E-state index contributed by atoms with van der Waals surface area (Å²) in [7, 11) is 0. The van der Waals surface area contributed by atoms with Gasteiger partial charge in [0.05, 0.1) is 5.39 Å². The number of thiophene rings is 1. The summed E-state index contributed by atoms with van der Waals surface area (Å²) < 4.78 is 3.47. The van der Waals surface area contributed by atoms with Crippen LogP contribution in [0, 0.1) is 13.8 Å². The highest BCUT2D eigenvalue weighted by molar-refractivity contribution is 9.10. The second-order valence-electron chi connectivity index (χ2n) is 5.90. The summed E-state index contributed by atoms with van der Waals surface area (Å²) in [6, 6.07) is 7.21. The maximum atomic E-state index is 12.6. The summed E-state index contributed by atoms with van der Waals surface area (Å²) in [5.41, 5.74) is 1.85. The zero-order valence-corrected chi connectivity index (χ0v) is 16.4. The average molecular weight is 432 g/mol. The Hall–Kier alpha value is -2.52. The zero-order chi connectivity index (χ0) is 18.4. The van der Waals surface area contributed by atoms with E-state index in [4.69, 9.17) is 0 Å². The van der Waals surface area contributed by atoms with Crippen molar-refractivity contribution < 1.29 is 4.79 Å². The number of nitrogens with one attached hydrogen (secondary N) is 1. The molecule has 1 amide bonds. The second-order valence-corrected chi connectivity index (χ2v) is 8.02. The van der Waals surface area contributed by atoms with Gasteiger partial charge < -0.3 is 5.32 Å². The fraction of sp³-hybridized carbons (Fsp3) is 0.176. The van der Waals surface area contributed by atoms with Gasteiger partial charge in [0.2, 0.25) is 5.91 Å². The number of halogens is 1. The van der Waals surface area contributed by atoms with Crippen molar-refractivity contribution >= 4 is 54.7 Å². The van der Waals surface area contributed by atoms with E-state index in [0.717, 1.165) is 29.8 Å². The highest BCUT2D eigenvalue weighted by atomic mass is 79.9. The first-order chi connectivity index (χ1) is 12.4. The smallest absolute Gasteiger partial charge is 0.324 e. The first-order valence-electron chi connectivity index (χ1n) is 7.83. The van der Waals surface area contributed by atoms with Crippen molar-refractivity contribution in [2.45, 2.75) is 20.4 Å². The third-order valence-electron chi connectivity index (χ3n) is 4.17. The number of fused-ring (bicyclic) bond motifs is 3. The average Bonchev–Trinajstić information content (AvgIpc) is 3.07. The Morgan fingerprint density at radius 2 is 2.00 bits per heavy atom. The maximum Gasteiger partial charge on any atom is 0.352 e. The number of aryl methyl sites for hydroxylation is 2. The summed E-state index contributed by atoms with van der Waals surface area (Å²) >= 11 is 4.91. The van der Waals surface area contributed by atoms with Crippen LogP contribution in [-0.2, 0) is 11.3 Å². The highest BCUT2D eigenvalue weighted by Crippen LogP contribution is 2.30. The lowest BCUT2D eigenvalue weighted by Gasteiger charge is -2.04. The van der Waals surface area contributed by atoms with Gasteiger partial charge in [-0.1, -0.05) is 15.9 Å². The number of hydrogen-bond donors (Lipinski definition) is 1. The summed E-state index contributed by atoms with van der Waals surface area (Å²) in [6.45, 7) is 3.83. The van der Waals surface area contributed by atoms with Gasteiger partial charge in [-0.2, -0.15) is 0 Å². The Bertz CT molecular complexity index is 1210. The molecule has 0 spiro atoms. The van der Waals surface area contributed by atoms with Crippen LogP contribution in [-0.4, -0.2) is 25.1 Å². The second kappa shape index (κ2) is 6.33. The van der Waals surface area contributed by atoms with Crippen LogP contribution in [0.4, 0.5) is 5.69 Å². The molecule has 0 aliphatic heterocycles. The van der Waals surface area contributed by atoms with E-state index >= 15 is 0 Å². The lowest BCUT2D eigenvalue weighted by atomic mass is 10.2. The number of rotatable bonds is 3. The number of carbonyl (C=O) groups is 1. The van der Waals surface area contributed by atoms with Crippen molar-refractivity contribution in [3.05, 3.63) is 56.0 Å². The summed E-state index contributed by atoms with van der Waals surface area (Å²) in [6.07, 6.45) is 1.46. The fourth-order valence-electron chi connectivity index (χ4n) is 2.74. The van der Waals surface area contributed by atoms with Crippen molar-refractivity contribution in [3.8, 4) is 0 Å². The van der Waals surface area contributed by atoms with Crippen molar-refractivity contribution in [1.82, 2.24) is 19.2 Å². The number of benzene rings is 1. The van der Waals surface area contributed by atoms with E-state index in [1.807, 2.05) is 26.0 Å². The molecule has 1 N–H and O–H groups in total. The minimum absolute atomic E-state index is 0.166. The number of anilines is 1. The molecule has 7 nitrogen and oxygen atoms in total. The lowest BCUT2D eigenvalue weighted by Crippen LogP contribution is -2.28. The van der Waals surface area contributed by atoms with Gasteiger partial charge in [-0.05, 0) is 43.7 Å². The third-order valence-corrected chi connectivity index (χ3v) is 5.82. The van der Waals surface area contributed by atoms with Crippen LogP contribution < -0.4 is 11.0 Å². The van der Waals surface area contributed by atoms with Gasteiger partial charge in [0, 0.05) is 15.0 Å². The van der Waals surface area contributed by atoms with E-state index < -0.39 is 0 Å². The largest absolute Gasteiger partial charge is 0.352 e. The normalized spacial score (nSPS) is 11.3. The number of aromatic nitrogens is 4. The fourth-order valence-corrected chi connectivity index (χ4v) is 4.00. The van der Waals surface area contributed by atoms with Gasteiger partial charge in [-0.15, -0.1) is 16.4 Å². The molecule has 26 heavy (non-hydrogen) atoms. The predicted molar refractivity (Wildman–Crippen MR) is 105 cm³/mol. The number of nitrogens with zero attached hydrogens (tertiary/aromatic N) is 4. The summed E-state index contributed by atoms with van der Waals surface area (Å²) in [5.74, 6) is -0.319. The molecule has 3 aromatic heterocycles. The van der Waals surface area contributed by atoms with Crippen molar-refractivity contribution in [3.63, 3.8) is 0 Å². The van der Waals surface area contributed by atoms with E-state index in [2.05, 4.69) is 31.3 Å². The SMILES string of the molecule is Cc1sc2ncn3c(=O)n(CC(=O)Nc4ccc(Br)cc4)nc3c2c1C. The molecule has 0 saturated heterocycles. The Labute approximate surface area is 160 Å². The van der Waals surface area contributed by atoms with Crippen molar-refractivity contribution in [2.24, 2.45) is 0 Å². The van der Waals surface area contributed by atoms with Gasteiger partial charge in [0.25, 0.3) is 0 Å². The van der Waals surface area contributed by atoms with Crippen LogP contribution in [0.15, 0.2) is 39.9 Å².